The molecule has 1 fully saturated rings. The second-order valence-electron chi connectivity index (χ2n) is 8.87. The van der Waals surface area contributed by atoms with Gasteiger partial charge in [-0.2, -0.15) is 4.39 Å². The van der Waals surface area contributed by atoms with E-state index in [4.69, 9.17) is 9.84 Å². The van der Waals surface area contributed by atoms with E-state index in [1.165, 1.54) is 6.07 Å². The lowest BCUT2D eigenvalue weighted by Gasteiger charge is -2.27. The van der Waals surface area contributed by atoms with Crippen LogP contribution < -0.4 is 4.74 Å². The Bertz CT molecular complexity index is 1200. The van der Waals surface area contributed by atoms with E-state index < -0.39 is 23.3 Å². The molecule has 2 nitrogen and oxygen atoms in total. The summed E-state index contributed by atoms with van der Waals surface area (Å²) in [5, 5.41) is 9.15. The lowest BCUT2D eigenvalue weighted by Crippen LogP contribution is -2.14. The third-order valence-corrected chi connectivity index (χ3v) is 6.70. The van der Waals surface area contributed by atoms with Crippen molar-refractivity contribution in [3.8, 4) is 16.9 Å². The number of halogens is 4. The van der Waals surface area contributed by atoms with Crippen LogP contribution in [0.3, 0.4) is 0 Å². The van der Waals surface area contributed by atoms with Gasteiger partial charge in [0.1, 0.15) is 0 Å². The highest BCUT2D eigenvalue weighted by molar-refractivity contribution is 5.67. The molecule has 1 aliphatic rings. The lowest BCUT2D eigenvalue weighted by molar-refractivity contribution is 0.282. The summed E-state index contributed by atoms with van der Waals surface area (Å²) in [6.45, 7) is 1.86. The molecule has 0 radical (unpaired) electrons. The number of benzene rings is 3. The van der Waals surface area contributed by atoms with E-state index in [2.05, 4.69) is 0 Å². The Labute approximate surface area is 202 Å². The minimum Gasteiger partial charge on any atom is -0.491 e. The van der Waals surface area contributed by atoms with E-state index in [1.807, 2.05) is 6.08 Å². The van der Waals surface area contributed by atoms with E-state index >= 15 is 0 Å². The van der Waals surface area contributed by atoms with Crippen LogP contribution >= 0.6 is 0 Å². The summed E-state index contributed by atoms with van der Waals surface area (Å²) in [4.78, 5) is 0. The molecule has 0 aromatic heterocycles. The Morgan fingerprint density at radius 1 is 0.829 bits per heavy atom. The highest BCUT2D eigenvalue weighted by Crippen LogP contribution is 2.39. The minimum atomic E-state index is -0.948. The zero-order chi connectivity index (χ0) is 24.9. The highest BCUT2D eigenvalue weighted by atomic mass is 19.2. The van der Waals surface area contributed by atoms with Gasteiger partial charge in [-0.1, -0.05) is 54.6 Å². The van der Waals surface area contributed by atoms with Crippen molar-refractivity contribution in [2.45, 2.75) is 45.1 Å². The lowest BCUT2D eigenvalue weighted by atomic mass is 9.78. The predicted molar refractivity (Wildman–Crippen MR) is 129 cm³/mol. The fourth-order valence-electron chi connectivity index (χ4n) is 4.70. The van der Waals surface area contributed by atoms with Crippen LogP contribution in [0.4, 0.5) is 17.6 Å². The van der Waals surface area contributed by atoms with E-state index in [0.29, 0.717) is 29.5 Å². The van der Waals surface area contributed by atoms with Crippen LogP contribution in [0.15, 0.2) is 54.6 Å². The van der Waals surface area contributed by atoms with Gasteiger partial charge < -0.3 is 9.84 Å². The van der Waals surface area contributed by atoms with Gasteiger partial charge >= 0.3 is 0 Å². The van der Waals surface area contributed by atoms with Gasteiger partial charge in [0.25, 0.3) is 0 Å². The molecule has 0 aliphatic heterocycles. The maximum Gasteiger partial charge on any atom is 0.200 e. The quantitative estimate of drug-likeness (QED) is 0.347. The average molecular weight is 485 g/mol. The highest BCUT2D eigenvalue weighted by Gasteiger charge is 2.26. The van der Waals surface area contributed by atoms with Gasteiger partial charge in [0, 0.05) is 11.1 Å². The Morgan fingerprint density at radius 2 is 1.54 bits per heavy atom. The molecule has 0 unspecified atom stereocenters. The van der Waals surface area contributed by atoms with Gasteiger partial charge in [-0.05, 0) is 67.2 Å². The number of aliphatic hydroxyl groups excluding tert-OH is 1. The average Bonchev–Trinajstić information content (AvgIpc) is 2.88. The van der Waals surface area contributed by atoms with E-state index in [0.717, 1.165) is 12.8 Å². The van der Waals surface area contributed by atoms with Crippen LogP contribution in [0.2, 0.25) is 0 Å². The number of hydrogen-bond donors (Lipinski definition) is 1. The number of rotatable bonds is 7. The van der Waals surface area contributed by atoms with Crippen LogP contribution in [0.1, 0.15) is 55.2 Å². The molecule has 0 atom stereocenters. The van der Waals surface area contributed by atoms with Crippen molar-refractivity contribution in [2.24, 2.45) is 5.92 Å². The molecule has 4 rings (SSSR count). The van der Waals surface area contributed by atoms with Crippen LogP contribution in [0.5, 0.6) is 5.75 Å². The molecule has 6 heteroatoms. The first-order chi connectivity index (χ1) is 16.9. The number of aliphatic hydroxyl groups is 1. The summed E-state index contributed by atoms with van der Waals surface area (Å²) >= 11 is 0. The summed E-state index contributed by atoms with van der Waals surface area (Å²) < 4.78 is 63.4. The molecule has 1 aliphatic carbocycles. The fourth-order valence-corrected chi connectivity index (χ4v) is 4.70. The molecule has 0 saturated heterocycles. The summed E-state index contributed by atoms with van der Waals surface area (Å²) in [5.41, 5.74) is 1.92. The molecule has 0 bridgehead atoms. The van der Waals surface area contributed by atoms with Crippen molar-refractivity contribution in [3.63, 3.8) is 0 Å². The molecule has 3 aromatic rings. The Balaban J connectivity index is 1.42. The zero-order valence-corrected chi connectivity index (χ0v) is 19.5. The van der Waals surface area contributed by atoms with Crippen LogP contribution in [-0.2, 0) is 6.61 Å². The zero-order valence-electron chi connectivity index (χ0n) is 19.5. The van der Waals surface area contributed by atoms with Crippen molar-refractivity contribution in [3.05, 3.63) is 94.6 Å². The van der Waals surface area contributed by atoms with Gasteiger partial charge in [-0.15, -0.1) is 0 Å². The standard InChI is InChI=1S/C29H28F4O2/c1-2-35-25-16-15-24(28(32)29(25)33)20-8-3-18(4-9-20)5-12-22-13-14-23(27(31)26(22)30)21-10-6-19(17-34)7-11-21/h5-7,10-16,18,20,34H,2-4,8-9,17H2,1H3/b12-5+. The first-order valence-electron chi connectivity index (χ1n) is 11.9. The topological polar surface area (TPSA) is 29.5 Å². The SMILES string of the molecule is CCOc1ccc(C2CCC(/C=C/c3ccc(-c4ccc(CO)cc4)c(F)c3F)CC2)c(F)c1F. The van der Waals surface area contributed by atoms with Crippen LogP contribution in [0, 0.1) is 29.2 Å². The van der Waals surface area contributed by atoms with Crippen molar-refractivity contribution in [1.29, 1.82) is 0 Å². The predicted octanol–water partition coefficient (Wildman–Crippen LogP) is 7.79. The van der Waals surface area contributed by atoms with Crippen molar-refractivity contribution >= 4 is 6.08 Å². The normalized spacial score (nSPS) is 18.2. The Kier molecular flexibility index (Phi) is 7.91. The first kappa shape index (κ1) is 25.0. The second-order valence-corrected chi connectivity index (χ2v) is 8.87. The summed E-state index contributed by atoms with van der Waals surface area (Å²) in [6.07, 6.45) is 6.32. The molecule has 3 aromatic carbocycles. The van der Waals surface area contributed by atoms with Crippen LogP contribution in [0.25, 0.3) is 17.2 Å². The fraction of sp³-hybridized carbons (Fsp3) is 0.310. The molecular formula is C29H28F4O2. The molecule has 1 saturated carbocycles. The maximum absolute atomic E-state index is 14.7. The summed E-state index contributed by atoms with van der Waals surface area (Å²) in [7, 11) is 0. The molecule has 184 valence electrons. The van der Waals surface area contributed by atoms with Gasteiger partial charge in [-0.25, -0.2) is 13.2 Å². The number of hydrogen-bond acceptors (Lipinski definition) is 2. The largest absolute Gasteiger partial charge is 0.491 e. The van der Waals surface area contributed by atoms with Crippen molar-refractivity contribution < 1.29 is 27.4 Å². The van der Waals surface area contributed by atoms with Crippen molar-refractivity contribution in [1.82, 2.24) is 0 Å². The molecular weight excluding hydrogens is 456 g/mol. The first-order valence-corrected chi connectivity index (χ1v) is 11.9. The van der Waals surface area contributed by atoms with Crippen LogP contribution in [-0.4, -0.2) is 11.7 Å². The summed E-state index contributed by atoms with van der Waals surface area (Å²) in [6, 6.07) is 12.8. The third-order valence-electron chi connectivity index (χ3n) is 6.70. The third kappa shape index (κ3) is 5.43. The van der Waals surface area contributed by atoms with Gasteiger partial charge in [0.15, 0.2) is 23.2 Å². The maximum atomic E-state index is 14.7. The van der Waals surface area contributed by atoms with Crippen molar-refractivity contribution in [2.75, 3.05) is 6.61 Å². The molecule has 0 heterocycles. The van der Waals surface area contributed by atoms with E-state index in [9.17, 15) is 17.6 Å². The smallest absolute Gasteiger partial charge is 0.200 e. The minimum absolute atomic E-state index is 0.0761. The van der Waals surface area contributed by atoms with Gasteiger partial charge in [0.05, 0.1) is 13.2 Å². The number of ether oxygens (including phenoxy) is 1. The summed E-state index contributed by atoms with van der Waals surface area (Å²) in [5.74, 6) is -3.64. The molecule has 0 spiro atoms. The van der Waals surface area contributed by atoms with E-state index in [1.54, 1.807) is 55.5 Å². The molecule has 0 amide bonds. The monoisotopic (exact) mass is 484 g/mol. The molecule has 35 heavy (non-hydrogen) atoms. The Morgan fingerprint density at radius 3 is 2.20 bits per heavy atom. The number of allylic oxidation sites excluding steroid dienone is 1. The van der Waals surface area contributed by atoms with Gasteiger partial charge in [0.2, 0.25) is 5.82 Å². The molecule has 1 N–H and O–H groups in total. The van der Waals surface area contributed by atoms with E-state index in [-0.39, 0.29) is 41.9 Å². The Hall–Kier alpha value is -3.12. The van der Waals surface area contributed by atoms with Gasteiger partial charge in [-0.3, -0.25) is 0 Å². The second kappa shape index (κ2) is 11.1.